The summed E-state index contributed by atoms with van der Waals surface area (Å²) in [7, 11) is 1.62. The molecule has 0 spiro atoms. The largest absolute Gasteiger partial charge is 0.497 e. The Morgan fingerprint density at radius 3 is 2.85 bits per heavy atom. The Balaban J connectivity index is 1.59. The van der Waals surface area contributed by atoms with E-state index in [2.05, 4.69) is 25.6 Å². The summed E-state index contributed by atoms with van der Waals surface area (Å²) in [5.74, 6) is 1.22. The number of hydrogen-bond donors (Lipinski definition) is 2. The number of benzene rings is 1. The third-order valence-electron chi connectivity index (χ3n) is 4.34. The van der Waals surface area contributed by atoms with Gasteiger partial charge in [-0.25, -0.2) is 9.78 Å². The lowest BCUT2D eigenvalue weighted by Crippen LogP contribution is -2.35. The third-order valence-corrected chi connectivity index (χ3v) is 4.34. The Hall–Kier alpha value is -3.43. The molecule has 3 heterocycles. The van der Waals surface area contributed by atoms with E-state index in [-0.39, 0.29) is 6.04 Å². The molecule has 0 bridgehead atoms. The average Bonchev–Trinajstić information content (AvgIpc) is 3.29. The highest BCUT2D eigenvalue weighted by molar-refractivity contribution is 5.73. The molecule has 26 heavy (non-hydrogen) atoms. The molecular formula is C16H18N8O2. The van der Waals surface area contributed by atoms with Gasteiger partial charge in [-0.15, -0.1) is 5.10 Å². The molecule has 2 aromatic heterocycles. The maximum Gasteiger partial charge on any atom is 0.314 e. The summed E-state index contributed by atoms with van der Waals surface area (Å²) >= 11 is 0. The van der Waals surface area contributed by atoms with E-state index in [1.165, 1.54) is 0 Å². The molecule has 1 aromatic carbocycles. The van der Waals surface area contributed by atoms with Crippen LogP contribution in [-0.4, -0.2) is 62.1 Å². The summed E-state index contributed by atoms with van der Waals surface area (Å²) in [4.78, 5) is 21.7. The van der Waals surface area contributed by atoms with Gasteiger partial charge in [0.25, 0.3) is 0 Å². The van der Waals surface area contributed by atoms with Gasteiger partial charge in [-0.3, -0.25) is 0 Å². The lowest BCUT2D eigenvalue weighted by Gasteiger charge is -2.14. The fourth-order valence-corrected chi connectivity index (χ4v) is 2.96. The third kappa shape index (κ3) is 2.96. The smallest absolute Gasteiger partial charge is 0.314 e. The molecule has 10 nitrogen and oxygen atoms in total. The molecule has 1 fully saturated rings. The van der Waals surface area contributed by atoms with E-state index in [9.17, 15) is 4.79 Å². The van der Waals surface area contributed by atoms with Crippen LogP contribution >= 0.6 is 0 Å². The number of carbonyl (C=O) groups is 1. The predicted molar refractivity (Wildman–Crippen MR) is 94.2 cm³/mol. The maximum absolute atomic E-state index is 11.2. The van der Waals surface area contributed by atoms with Crippen molar-refractivity contribution < 1.29 is 9.53 Å². The number of anilines is 1. The topological polar surface area (TPSA) is 124 Å². The Morgan fingerprint density at radius 1 is 1.35 bits per heavy atom. The molecule has 4 rings (SSSR count). The molecule has 3 aromatic rings. The Morgan fingerprint density at radius 2 is 2.15 bits per heavy atom. The van der Waals surface area contributed by atoms with Gasteiger partial charge in [-0.05, 0) is 30.7 Å². The van der Waals surface area contributed by atoms with Gasteiger partial charge >= 0.3 is 6.03 Å². The summed E-state index contributed by atoms with van der Waals surface area (Å²) < 4.78 is 6.82. The number of rotatable bonds is 4. The average molecular weight is 354 g/mol. The molecule has 2 amide bonds. The van der Waals surface area contributed by atoms with Gasteiger partial charge in [-0.2, -0.15) is 9.67 Å². The van der Waals surface area contributed by atoms with Crippen LogP contribution < -0.4 is 15.8 Å². The van der Waals surface area contributed by atoms with Crippen molar-refractivity contribution in [2.75, 3.05) is 25.5 Å². The molecule has 0 aliphatic carbocycles. The number of carbonyl (C=O) groups excluding carboxylic acids is 1. The maximum atomic E-state index is 11.2. The number of nitrogens with one attached hydrogen (secondary N) is 1. The number of nitrogens with zero attached hydrogens (tertiary/aromatic N) is 6. The predicted octanol–water partition coefficient (Wildman–Crippen LogP) is 0.784. The minimum Gasteiger partial charge on any atom is -0.497 e. The molecule has 3 N–H and O–H groups in total. The van der Waals surface area contributed by atoms with Gasteiger partial charge in [0.15, 0.2) is 11.2 Å². The molecule has 1 aliphatic heterocycles. The lowest BCUT2D eigenvalue weighted by atomic mass is 10.3. The number of nitrogens with two attached hydrogens (primary N) is 1. The van der Waals surface area contributed by atoms with E-state index in [0.717, 1.165) is 17.9 Å². The number of aromatic nitrogens is 5. The van der Waals surface area contributed by atoms with E-state index < -0.39 is 6.03 Å². The van der Waals surface area contributed by atoms with Crippen molar-refractivity contribution in [3.05, 3.63) is 30.5 Å². The van der Waals surface area contributed by atoms with Crippen LogP contribution in [0.3, 0.4) is 0 Å². The van der Waals surface area contributed by atoms with Crippen LogP contribution in [0.4, 0.5) is 10.7 Å². The van der Waals surface area contributed by atoms with Gasteiger partial charge in [0.1, 0.15) is 5.75 Å². The van der Waals surface area contributed by atoms with Gasteiger partial charge in [0.05, 0.1) is 19.0 Å². The van der Waals surface area contributed by atoms with Crippen molar-refractivity contribution in [2.45, 2.75) is 12.5 Å². The zero-order valence-corrected chi connectivity index (χ0v) is 14.2. The number of methoxy groups -OCH3 is 1. The standard InChI is InChI=1S/C16H18N8O2/c1-26-12-4-2-11(3-5-12)24-14-13(21-22-24)8-18-16(20-14)19-10-6-7-23(9-10)15(17)25/h2-5,8,10H,6-7,9H2,1H3,(H2,17,25)(H,18,19,20)/t10-/m1/s1. The first-order valence-electron chi connectivity index (χ1n) is 8.18. The van der Waals surface area contributed by atoms with Crippen molar-refractivity contribution in [3.63, 3.8) is 0 Å². The van der Waals surface area contributed by atoms with E-state index in [0.29, 0.717) is 30.2 Å². The van der Waals surface area contributed by atoms with Crippen LogP contribution in [0.15, 0.2) is 30.5 Å². The molecule has 1 saturated heterocycles. The molecule has 1 atom stereocenters. The quantitative estimate of drug-likeness (QED) is 0.709. The van der Waals surface area contributed by atoms with Gasteiger partial charge in [-0.1, -0.05) is 5.21 Å². The molecule has 1 aliphatic rings. The van der Waals surface area contributed by atoms with Crippen LogP contribution in [0.5, 0.6) is 5.75 Å². The summed E-state index contributed by atoms with van der Waals surface area (Å²) in [5, 5.41) is 11.5. The molecule has 10 heteroatoms. The number of urea groups is 1. The summed E-state index contributed by atoms with van der Waals surface area (Å²) in [6.45, 7) is 1.16. The summed E-state index contributed by atoms with van der Waals surface area (Å²) in [5.41, 5.74) is 7.33. The van der Waals surface area contributed by atoms with Gasteiger partial charge < -0.3 is 20.7 Å². The zero-order valence-electron chi connectivity index (χ0n) is 14.2. The monoisotopic (exact) mass is 354 g/mol. The molecular weight excluding hydrogens is 336 g/mol. The number of hydrogen-bond acceptors (Lipinski definition) is 7. The number of primary amides is 1. The lowest BCUT2D eigenvalue weighted by molar-refractivity contribution is 0.218. The molecule has 134 valence electrons. The summed E-state index contributed by atoms with van der Waals surface area (Å²) in [6.07, 6.45) is 2.42. The molecule has 0 saturated carbocycles. The number of likely N-dealkylation sites (tertiary alicyclic amines) is 1. The molecule has 0 radical (unpaired) electrons. The van der Waals surface area contributed by atoms with Crippen LogP contribution in [0.1, 0.15) is 6.42 Å². The Labute approximate surface area is 149 Å². The van der Waals surface area contributed by atoms with Crippen LogP contribution in [-0.2, 0) is 0 Å². The Bertz CT molecular complexity index is 939. The number of ether oxygens (including phenoxy) is 1. The second-order valence-corrected chi connectivity index (χ2v) is 6.02. The van der Waals surface area contributed by atoms with Crippen molar-refractivity contribution >= 4 is 23.1 Å². The minimum atomic E-state index is -0.410. The van der Waals surface area contributed by atoms with E-state index in [1.54, 1.807) is 22.9 Å². The van der Waals surface area contributed by atoms with Gasteiger partial charge in [0, 0.05) is 19.1 Å². The van der Waals surface area contributed by atoms with Crippen molar-refractivity contribution in [1.29, 1.82) is 0 Å². The summed E-state index contributed by atoms with van der Waals surface area (Å²) in [6, 6.07) is 7.10. The fourth-order valence-electron chi connectivity index (χ4n) is 2.96. The minimum absolute atomic E-state index is 0.0604. The van der Waals surface area contributed by atoms with Crippen LogP contribution in [0.25, 0.3) is 16.9 Å². The molecule has 0 unspecified atom stereocenters. The van der Waals surface area contributed by atoms with E-state index in [4.69, 9.17) is 10.5 Å². The SMILES string of the molecule is COc1ccc(-n2nnc3cnc(N[C@@H]4CCN(C(N)=O)C4)nc32)cc1. The normalized spacial score (nSPS) is 16.8. The van der Waals surface area contributed by atoms with Crippen molar-refractivity contribution in [1.82, 2.24) is 29.9 Å². The van der Waals surface area contributed by atoms with Crippen LogP contribution in [0, 0.1) is 0 Å². The highest BCUT2D eigenvalue weighted by Crippen LogP contribution is 2.19. The van der Waals surface area contributed by atoms with Crippen LogP contribution in [0.2, 0.25) is 0 Å². The zero-order chi connectivity index (χ0) is 18.1. The highest BCUT2D eigenvalue weighted by Gasteiger charge is 2.25. The first-order chi connectivity index (χ1) is 12.6. The Kier molecular flexibility index (Phi) is 3.99. The number of fused-ring (bicyclic) bond motifs is 1. The first kappa shape index (κ1) is 16.1. The fraction of sp³-hybridized carbons (Fsp3) is 0.312. The number of amides is 2. The first-order valence-corrected chi connectivity index (χ1v) is 8.18. The van der Waals surface area contributed by atoms with E-state index >= 15 is 0 Å². The second-order valence-electron chi connectivity index (χ2n) is 6.02. The highest BCUT2D eigenvalue weighted by atomic mass is 16.5. The van der Waals surface area contributed by atoms with Crippen molar-refractivity contribution in [2.24, 2.45) is 5.73 Å². The van der Waals surface area contributed by atoms with E-state index in [1.807, 2.05) is 24.3 Å². The van der Waals surface area contributed by atoms with Crippen molar-refractivity contribution in [3.8, 4) is 11.4 Å². The van der Waals surface area contributed by atoms with Gasteiger partial charge in [0.2, 0.25) is 5.95 Å². The second kappa shape index (κ2) is 6.47.